The predicted octanol–water partition coefficient (Wildman–Crippen LogP) is 1.03. The zero-order valence-electron chi connectivity index (χ0n) is 12.0. The molecule has 1 aromatic carbocycles. The van der Waals surface area contributed by atoms with E-state index in [0.717, 1.165) is 19.5 Å². The molecule has 2 unspecified atom stereocenters. The molecule has 1 aliphatic rings. The molecule has 1 fully saturated rings. The SMILES string of the molecule is CC1CN(C)CCC1NS(=O)(=O)Cc1ccccc1N. The van der Waals surface area contributed by atoms with Gasteiger partial charge in [0.2, 0.25) is 10.0 Å². The second kappa shape index (κ2) is 6.11. The van der Waals surface area contributed by atoms with Crippen LogP contribution in [0.4, 0.5) is 5.69 Å². The second-order valence-corrected chi connectivity index (χ2v) is 7.46. The standard InChI is InChI=1S/C14H23N3O2S/c1-11-9-17(2)8-7-14(11)16-20(18,19)10-12-5-3-4-6-13(12)15/h3-6,11,14,16H,7-10,15H2,1-2H3. The van der Waals surface area contributed by atoms with Crippen LogP contribution in [0.15, 0.2) is 24.3 Å². The monoisotopic (exact) mass is 297 g/mol. The van der Waals surface area contributed by atoms with Crippen molar-refractivity contribution in [2.45, 2.75) is 25.1 Å². The van der Waals surface area contributed by atoms with Gasteiger partial charge in [0, 0.05) is 18.3 Å². The van der Waals surface area contributed by atoms with Crippen LogP contribution in [0.5, 0.6) is 0 Å². The summed E-state index contributed by atoms with van der Waals surface area (Å²) in [5.41, 5.74) is 6.98. The van der Waals surface area contributed by atoms with E-state index in [1.54, 1.807) is 24.3 Å². The van der Waals surface area contributed by atoms with Crippen molar-refractivity contribution in [1.29, 1.82) is 0 Å². The highest BCUT2D eigenvalue weighted by atomic mass is 32.2. The average Bonchev–Trinajstić information content (AvgIpc) is 2.35. The number of sulfonamides is 1. The Morgan fingerprint density at radius 1 is 1.40 bits per heavy atom. The molecular formula is C14H23N3O2S. The van der Waals surface area contributed by atoms with Crippen LogP contribution in [0, 0.1) is 5.92 Å². The van der Waals surface area contributed by atoms with Crippen LogP contribution in [0.25, 0.3) is 0 Å². The number of benzene rings is 1. The number of nitrogens with zero attached hydrogens (tertiary/aromatic N) is 1. The molecule has 0 radical (unpaired) electrons. The second-order valence-electron chi connectivity index (χ2n) is 5.71. The number of hydrogen-bond donors (Lipinski definition) is 2. The average molecular weight is 297 g/mol. The van der Waals surface area contributed by atoms with Gasteiger partial charge in [0.25, 0.3) is 0 Å². The van der Waals surface area contributed by atoms with E-state index in [9.17, 15) is 8.42 Å². The first-order valence-corrected chi connectivity index (χ1v) is 8.54. The lowest BCUT2D eigenvalue weighted by atomic mass is 9.95. The van der Waals surface area contributed by atoms with Crippen molar-refractivity contribution in [3.05, 3.63) is 29.8 Å². The summed E-state index contributed by atoms with van der Waals surface area (Å²) >= 11 is 0. The molecule has 1 aliphatic heterocycles. The number of anilines is 1. The third kappa shape index (κ3) is 3.94. The molecule has 112 valence electrons. The molecule has 0 aliphatic carbocycles. The number of rotatable bonds is 4. The molecule has 0 amide bonds. The third-order valence-corrected chi connectivity index (χ3v) is 5.19. The lowest BCUT2D eigenvalue weighted by molar-refractivity contribution is 0.188. The molecular weight excluding hydrogens is 274 g/mol. The van der Waals surface area contributed by atoms with Gasteiger partial charge in [-0.1, -0.05) is 25.1 Å². The summed E-state index contributed by atoms with van der Waals surface area (Å²) in [6.45, 7) is 3.92. The highest BCUT2D eigenvalue weighted by Crippen LogP contribution is 2.18. The topological polar surface area (TPSA) is 75.4 Å². The van der Waals surface area contributed by atoms with E-state index in [2.05, 4.69) is 23.6 Å². The number of hydrogen-bond acceptors (Lipinski definition) is 4. The van der Waals surface area contributed by atoms with Gasteiger partial charge < -0.3 is 10.6 Å². The molecule has 2 rings (SSSR count). The fourth-order valence-electron chi connectivity index (χ4n) is 2.67. The maximum absolute atomic E-state index is 12.3. The summed E-state index contributed by atoms with van der Waals surface area (Å²) in [7, 11) is -1.29. The quantitative estimate of drug-likeness (QED) is 0.814. The summed E-state index contributed by atoms with van der Waals surface area (Å²) in [4.78, 5) is 2.23. The largest absolute Gasteiger partial charge is 0.398 e. The molecule has 3 N–H and O–H groups in total. The molecule has 2 atom stereocenters. The van der Waals surface area contributed by atoms with Gasteiger partial charge in [0.05, 0.1) is 5.75 Å². The van der Waals surface area contributed by atoms with Crippen LogP contribution in [0.1, 0.15) is 18.9 Å². The summed E-state index contributed by atoms with van der Waals surface area (Å²) in [6, 6.07) is 7.11. The van der Waals surface area contributed by atoms with E-state index in [4.69, 9.17) is 5.73 Å². The molecule has 6 heteroatoms. The van der Waals surface area contributed by atoms with Crippen LogP contribution in [0.3, 0.4) is 0 Å². The van der Waals surface area contributed by atoms with Gasteiger partial charge >= 0.3 is 0 Å². The van der Waals surface area contributed by atoms with E-state index >= 15 is 0 Å². The number of nitrogens with one attached hydrogen (secondary N) is 1. The highest BCUT2D eigenvalue weighted by molar-refractivity contribution is 7.88. The van der Waals surface area contributed by atoms with Crippen LogP contribution in [-0.2, 0) is 15.8 Å². The molecule has 1 aromatic rings. The Morgan fingerprint density at radius 2 is 2.10 bits per heavy atom. The van der Waals surface area contributed by atoms with Crippen molar-refractivity contribution >= 4 is 15.7 Å². The first-order chi connectivity index (χ1) is 9.37. The summed E-state index contributed by atoms with van der Waals surface area (Å²) in [6.07, 6.45) is 0.848. The van der Waals surface area contributed by atoms with Gasteiger partial charge in [-0.05, 0) is 37.6 Å². The fourth-order valence-corrected chi connectivity index (χ4v) is 4.24. The fraction of sp³-hybridized carbons (Fsp3) is 0.571. The number of nitrogen functional groups attached to an aromatic ring is 1. The minimum absolute atomic E-state index is 0.0149. The Bertz CT molecular complexity index is 559. The number of likely N-dealkylation sites (tertiary alicyclic amines) is 1. The van der Waals surface area contributed by atoms with Crippen LogP contribution in [-0.4, -0.2) is 39.5 Å². The molecule has 5 nitrogen and oxygen atoms in total. The van der Waals surface area contributed by atoms with Crippen molar-refractivity contribution in [3.8, 4) is 0 Å². The summed E-state index contributed by atoms with van der Waals surface area (Å²) in [5, 5.41) is 0. The van der Waals surface area contributed by atoms with E-state index in [1.807, 2.05) is 0 Å². The van der Waals surface area contributed by atoms with Crippen LogP contribution < -0.4 is 10.5 Å². The smallest absolute Gasteiger partial charge is 0.216 e. The van der Waals surface area contributed by atoms with E-state index in [0.29, 0.717) is 17.2 Å². The zero-order chi connectivity index (χ0) is 14.8. The summed E-state index contributed by atoms with van der Waals surface area (Å²) < 4.78 is 27.4. The van der Waals surface area contributed by atoms with Gasteiger partial charge in [0.1, 0.15) is 0 Å². The summed E-state index contributed by atoms with van der Waals surface area (Å²) in [5.74, 6) is 0.260. The van der Waals surface area contributed by atoms with Crippen LogP contribution in [0.2, 0.25) is 0 Å². The first kappa shape index (κ1) is 15.3. The molecule has 20 heavy (non-hydrogen) atoms. The zero-order valence-corrected chi connectivity index (χ0v) is 12.9. The lowest BCUT2D eigenvalue weighted by Crippen LogP contribution is -2.49. The molecule has 1 saturated heterocycles. The van der Waals surface area contributed by atoms with E-state index in [1.165, 1.54) is 0 Å². The van der Waals surface area contributed by atoms with Crippen molar-refractivity contribution in [3.63, 3.8) is 0 Å². The Hall–Kier alpha value is -1.11. The van der Waals surface area contributed by atoms with Gasteiger partial charge in [-0.25, -0.2) is 13.1 Å². The van der Waals surface area contributed by atoms with E-state index < -0.39 is 10.0 Å². The third-order valence-electron chi connectivity index (χ3n) is 3.84. The Kier molecular flexibility index (Phi) is 4.67. The minimum atomic E-state index is -3.36. The van der Waals surface area contributed by atoms with Crippen molar-refractivity contribution in [2.24, 2.45) is 5.92 Å². The maximum Gasteiger partial charge on any atom is 0.216 e. The lowest BCUT2D eigenvalue weighted by Gasteiger charge is -2.35. The molecule has 0 aromatic heterocycles. The molecule has 0 saturated carbocycles. The van der Waals surface area contributed by atoms with Crippen LogP contribution >= 0.6 is 0 Å². The number of piperidine rings is 1. The predicted molar refractivity (Wildman–Crippen MR) is 81.7 cm³/mol. The van der Waals surface area contributed by atoms with Gasteiger partial charge in [-0.2, -0.15) is 0 Å². The van der Waals surface area contributed by atoms with Crippen molar-refractivity contribution in [2.75, 3.05) is 25.9 Å². The Morgan fingerprint density at radius 3 is 2.75 bits per heavy atom. The van der Waals surface area contributed by atoms with Gasteiger partial charge in [-0.15, -0.1) is 0 Å². The molecule has 0 spiro atoms. The maximum atomic E-state index is 12.3. The number of para-hydroxylation sites is 1. The molecule has 1 heterocycles. The number of nitrogens with two attached hydrogens (primary N) is 1. The van der Waals surface area contributed by atoms with Crippen molar-refractivity contribution in [1.82, 2.24) is 9.62 Å². The van der Waals surface area contributed by atoms with Crippen molar-refractivity contribution < 1.29 is 8.42 Å². The van der Waals surface area contributed by atoms with E-state index in [-0.39, 0.29) is 11.8 Å². The Balaban J connectivity index is 2.03. The van der Waals surface area contributed by atoms with Gasteiger partial charge in [0.15, 0.2) is 0 Å². The highest BCUT2D eigenvalue weighted by Gasteiger charge is 2.28. The normalized spacial score (nSPS) is 24.7. The first-order valence-electron chi connectivity index (χ1n) is 6.89. The molecule has 0 bridgehead atoms. The minimum Gasteiger partial charge on any atom is -0.398 e. The van der Waals surface area contributed by atoms with Gasteiger partial charge in [-0.3, -0.25) is 0 Å². The Labute approximate surface area is 121 Å².